The number of rotatable bonds is 5. The van der Waals surface area contributed by atoms with Crippen LogP contribution >= 0.6 is 11.3 Å². The van der Waals surface area contributed by atoms with E-state index in [0.717, 1.165) is 50.1 Å². The highest BCUT2D eigenvalue weighted by molar-refractivity contribution is 7.10. The van der Waals surface area contributed by atoms with E-state index in [0.29, 0.717) is 19.5 Å². The summed E-state index contributed by atoms with van der Waals surface area (Å²) in [6, 6.07) is 0.0982. The van der Waals surface area contributed by atoms with E-state index < -0.39 is 0 Å². The molecule has 2 atom stereocenters. The molecule has 0 bridgehead atoms. The van der Waals surface area contributed by atoms with Gasteiger partial charge in [0, 0.05) is 42.4 Å². The van der Waals surface area contributed by atoms with E-state index in [-0.39, 0.29) is 17.9 Å². The van der Waals surface area contributed by atoms with Crippen LogP contribution in [0.25, 0.3) is 0 Å². The molecule has 25 heavy (non-hydrogen) atoms. The number of nitrogens with one attached hydrogen (secondary N) is 1. The summed E-state index contributed by atoms with van der Waals surface area (Å²) in [6.07, 6.45) is 6.75. The van der Waals surface area contributed by atoms with Crippen molar-refractivity contribution in [1.82, 2.24) is 10.2 Å². The number of nitrogens with two attached hydrogens (primary N) is 1. The molecule has 1 aromatic rings. The van der Waals surface area contributed by atoms with Crippen LogP contribution in [0.5, 0.6) is 0 Å². The van der Waals surface area contributed by atoms with Crippen LogP contribution in [0.3, 0.4) is 0 Å². The van der Waals surface area contributed by atoms with E-state index in [2.05, 4.69) is 17.6 Å². The first-order chi connectivity index (χ1) is 12.1. The average molecular weight is 364 g/mol. The molecule has 1 saturated heterocycles. The Morgan fingerprint density at radius 2 is 2.20 bits per heavy atom. The minimum absolute atomic E-state index is 0.0256. The van der Waals surface area contributed by atoms with Crippen LogP contribution in [0, 0.1) is 5.92 Å². The van der Waals surface area contributed by atoms with Crippen molar-refractivity contribution >= 4 is 23.2 Å². The smallest absolute Gasteiger partial charge is 0.255 e. The standard InChI is InChI=1S/C19H29N3O2S/c1-13-5-6-15-16(12-25-17(15)10-13)19(24)22-9-3-2-4-14(22)11-21-18(23)7-8-20/h12-14H,2-11,20H2,1H3,(H,21,23). The van der Waals surface area contributed by atoms with Crippen LogP contribution in [0.4, 0.5) is 0 Å². The normalized spacial score (nSPS) is 23.2. The predicted octanol–water partition coefficient (Wildman–Crippen LogP) is 2.33. The number of hydrogen-bond donors (Lipinski definition) is 2. The lowest BCUT2D eigenvalue weighted by Crippen LogP contribution is -2.49. The maximum absolute atomic E-state index is 13.2. The quantitative estimate of drug-likeness (QED) is 0.843. The zero-order valence-corrected chi connectivity index (χ0v) is 15.9. The molecule has 0 radical (unpaired) electrons. The molecule has 0 saturated carbocycles. The minimum Gasteiger partial charge on any atom is -0.354 e. The van der Waals surface area contributed by atoms with Gasteiger partial charge in [-0.25, -0.2) is 0 Å². The lowest BCUT2D eigenvalue weighted by Gasteiger charge is -2.36. The molecule has 0 spiro atoms. The lowest BCUT2D eigenvalue weighted by atomic mass is 9.88. The van der Waals surface area contributed by atoms with Crippen molar-refractivity contribution in [3.05, 3.63) is 21.4 Å². The molecule has 2 aliphatic rings. The molecular weight excluding hydrogens is 334 g/mol. The highest BCUT2D eigenvalue weighted by atomic mass is 32.1. The average Bonchev–Trinajstić information content (AvgIpc) is 3.03. The summed E-state index contributed by atoms with van der Waals surface area (Å²) in [4.78, 5) is 28.3. The van der Waals surface area contributed by atoms with E-state index in [1.54, 1.807) is 11.3 Å². The maximum atomic E-state index is 13.2. The van der Waals surface area contributed by atoms with Crippen LogP contribution in [0.15, 0.2) is 5.38 Å². The number of nitrogens with zero attached hydrogens (tertiary/aromatic N) is 1. The van der Waals surface area contributed by atoms with Gasteiger partial charge in [0.15, 0.2) is 0 Å². The number of piperidine rings is 1. The number of thiophene rings is 1. The monoisotopic (exact) mass is 363 g/mol. The van der Waals surface area contributed by atoms with Crippen LogP contribution < -0.4 is 11.1 Å². The van der Waals surface area contributed by atoms with Crippen molar-refractivity contribution in [2.24, 2.45) is 11.7 Å². The van der Waals surface area contributed by atoms with Crippen LogP contribution in [0.1, 0.15) is 59.8 Å². The van der Waals surface area contributed by atoms with Crippen molar-refractivity contribution < 1.29 is 9.59 Å². The Kier molecular flexibility index (Phi) is 6.12. The summed E-state index contributed by atoms with van der Waals surface area (Å²) in [5.74, 6) is 0.849. The van der Waals surface area contributed by atoms with Gasteiger partial charge in [-0.3, -0.25) is 9.59 Å². The Morgan fingerprint density at radius 1 is 1.36 bits per heavy atom. The summed E-state index contributed by atoms with van der Waals surface area (Å²) in [5, 5.41) is 5.00. The van der Waals surface area contributed by atoms with E-state index >= 15 is 0 Å². The zero-order chi connectivity index (χ0) is 17.8. The van der Waals surface area contributed by atoms with E-state index in [1.807, 2.05) is 4.90 Å². The van der Waals surface area contributed by atoms with Crippen molar-refractivity contribution in [3.63, 3.8) is 0 Å². The van der Waals surface area contributed by atoms with Crippen molar-refractivity contribution in [1.29, 1.82) is 0 Å². The Morgan fingerprint density at radius 3 is 3.00 bits per heavy atom. The molecule has 3 N–H and O–H groups in total. The Hall–Kier alpha value is -1.40. The summed E-state index contributed by atoms with van der Waals surface area (Å²) in [7, 11) is 0. The fourth-order valence-electron chi connectivity index (χ4n) is 3.94. The van der Waals surface area contributed by atoms with E-state index in [4.69, 9.17) is 5.73 Å². The second-order valence-electron chi connectivity index (χ2n) is 7.39. The third-order valence-corrected chi connectivity index (χ3v) is 6.48. The summed E-state index contributed by atoms with van der Waals surface area (Å²) >= 11 is 1.74. The van der Waals surface area contributed by atoms with Gasteiger partial charge in [0.05, 0.1) is 5.56 Å². The highest BCUT2D eigenvalue weighted by Crippen LogP contribution is 2.34. The van der Waals surface area contributed by atoms with Gasteiger partial charge in [-0.05, 0) is 50.0 Å². The first kappa shape index (κ1) is 18.4. The Balaban J connectivity index is 1.70. The second-order valence-corrected chi connectivity index (χ2v) is 8.35. The minimum atomic E-state index is -0.0256. The fraction of sp³-hybridized carbons (Fsp3) is 0.684. The first-order valence-corrected chi connectivity index (χ1v) is 10.3. The molecule has 2 amide bonds. The third kappa shape index (κ3) is 4.23. The highest BCUT2D eigenvalue weighted by Gasteiger charge is 2.31. The number of likely N-dealkylation sites (tertiary alicyclic amines) is 1. The largest absolute Gasteiger partial charge is 0.354 e. The van der Waals surface area contributed by atoms with Gasteiger partial charge < -0.3 is 16.0 Å². The van der Waals surface area contributed by atoms with Crippen molar-refractivity contribution in [2.45, 2.75) is 57.9 Å². The molecule has 2 heterocycles. The molecule has 2 unspecified atom stereocenters. The van der Waals surface area contributed by atoms with Crippen LogP contribution in [-0.4, -0.2) is 42.4 Å². The van der Waals surface area contributed by atoms with E-state index in [1.165, 1.54) is 16.9 Å². The predicted molar refractivity (Wildman–Crippen MR) is 101 cm³/mol. The number of amides is 2. The number of carbonyl (C=O) groups is 2. The van der Waals surface area contributed by atoms with Crippen molar-refractivity contribution in [3.8, 4) is 0 Å². The van der Waals surface area contributed by atoms with Crippen molar-refractivity contribution in [2.75, 3.05) is 19.6 Å². The molecule has 1 fully saturated rings. The van der Waals surface area contributed by atoms with Gasteiger partial charge in [-0.1, -0.05) is 6.92 Å². The number of fused-ring (bicyclic) bond motifs is 1. The van der Waals surface area contributed by atoms with Gasteiger partial charge in [0.2, 0.25) is 5.91 Å². The molecule has 138 valence electrons. The first-order valence-electron chi connectivity index (χ1n) is 9.47. The van der Waals surface area contributed by atoms with Gasteiger partial charge in [-0.15, -0.1) is 11.3 Å². The van der Waals surface area contributed by atoms with Crippen LogP contribution in [-0.2, 0) is 17.6 Å². The molecule has 3 rings (SSSR count). The lowest BCUT2D eigenvalue weighted by molar-refractivity contribution is -0.121. The van der Waals surface area contributed by atoms with Crippen LogP contribution in [0.2, 0.25) is 0 Å². The molecule has 0 aromatic carbocycles. The molecule has 1 aliphatic heterocycles. The van der Waals surface area contributed by atoms with E-state index in [9.17, 15) is 9.59 Å². The van der Waals surface area contributed by atoms with Gasteiger partial charge >= 0.3 is 0 Å². The van der Waals surface area contributed by atoms with Gasteiger partial charge in [0.1, 0.15) is 0 Å². The van der Waals surface area contributed by atoms with Gasteiger partial charge in [0.25, 0.3) is 5.91 Å². The summed E-state index contributed by atoms with van der Waals surface area (Å²) in [6.45, 7) is 3.97. The Bertz CT molecular complexity index is 628. The Labute approximate surface area is 154 Å². The number of carbonyl (C=O) groups excluding carboxylic acids is 2. The topological polar surface area (TPSA) is 75.4 Å². The third-order valence-electron chi connectivity index (χ3n) is 5.43. The molecule has 1 aromatic heterocycles. The second kappa shape index (κ2) is 8.32. The number of hydrogen-bond acceptors (Lipinski definition) is 4. The molecular formula is C19H29N3O2S. The fourth-order valence-corrected chi connectivity index (χ4v) is 5.18. The summed E-state index contributed by atoms with van der Waals surface area (Å²) in [5.41, 5.74) is 7.62. The molecule has 1 aliphatic carbocycles. The molecule has 6 heteroatoms. The zero-order valence-electron chi connectivity index (χ0n) is 15.1. The summed E-state index contributed by atoms with van der Waals surface area (Å²) < 4.78 is 0. The SMILES string of the molecule is CC1CCc2c(C(=O)N3CCCCC3CNC(=O)CCN)csc2C1. The van der Waals surface area contributed by atoms with Gasteiger partial charge in [-0.2, -0.15) is 0 Å². The molecule has 5 nitrogen and oxygen atoms in total. The maximum Gasteiger partial charge on any atom is 0.255 e.